The number of furan rings is 1. The highest BCUT2D eigenvalue weighted by Crippen LogP contribution is 2.32. The summed E-state index contributed by atoms with van der Waals surface area (Å²) in [5.41, 5.74) is 2.19. The quantitative estimate of drug-likeness (QED) is 0.358. The Balaban J connectivity index is 1.46. The highest BCUT2D eigenvalue weighted by atomic mass is 16.5. The third-order valence-electron chi connectivity index (χ3n) is 6.74. The average molecular weight is 515 g/mol. The lowest BCUT2D eigenvalue weighted by molar-refractivity contribution is -0.128. The number of rotatable bonds is 9. The Morgan fingerprint density at radius 2 is 1.87 bits per heavy atom. The second kappa shape index (κ2) is 11.3. The van der Waals surface area contributed by atoms with Gasteiger partial charge in [-0.3, -0.25) is 14.5 Å². The van der Waals surface area contributed by atoms with E-state index in [-0.39, 0.29) is 24.4 Å². The highest BCUT2D eigenvalue weighted by Gasteiger charge is 2.37. The number of amides is 2. The van der Waals surface area contributed by atoms with Crippen LogP contribution in [0.1, 0.15) is 43.0 Å². The Bertz CT molecular complexity index is 1380. The summed E-state index contributed by atoms with van der Waals surface area (Å²) in [7, 11) is 1.60. The van der Waals surface area contributed by atoms with Crippen molar-refractivity contribution < 1.29 is 18.7 Å². The van der Waals surface area contributed by atoms with Gasteiger partial charge >= 0.3 is 0 Å². The average Bonchev–Trinajstić information content (AvgIpc) is 3.72. The van der Waals surface area contributed by atoms with Gasteiger partial charge in [-0.1, -0.05) is 31.0 Å². The Kier molecular flexibility index (Phi) is 7.48. The Hall–Kier alpha value is -4.47. The molecule has 196 valence electrons. The van der Waals surface area contributed by atoms with Crippen LogP contribution in [-0.4, -0.2) is 45.2 Å². The van der Waals surface area contributed by atoms with Gasteiger partial charge in [0.1, 0.15) is 18.1 Å². The maximum Gasteiger partial charge on any atom is 0.251 e. The number of para-hydroxylation sites is 1. The largest absolute Gasteiger partial charge is 0.497 e. The number of carbonyl (C=O) groups is 2. The van der Waals surface area contributed by atoms with E-state index in [1.807, 2.05) is 43.3 Å². The van der Waals surface area contributed by atoms with Gasteiger partial charge in [0.25, 0.3) is 11.8 Å². The molecule has 1 saturated carbocycles. The maximum absolute atomic E-state index is 13.9. The molecule has 1 aliphatic carbocycles. The first kappa shape index (κ1) is 25.2. The van der Waals surface area contributed by atoms with E-state index in [9.17, 15) is 9.59 Å². The van der Waals surface area contributed by atoms with Gasteiger partial charge in [-0.15, -0.1) is 10.2 Å². The molecule has 10 nitrogen and oxygen atoms in total. The van der Waals surface area contributed by atoms with E-state index in [4.69, 9.17) is 9.15 Å². The molecule has 0 saturated heterocycles. The van der Waals surface area contributed by atoms with Crippen molar-refractivity contribution >= 4 is 17.5 Å². The summed E-state index contributed by atoms with van der Waals surface area (Å²) in [6.45, 7) is 1.69. The predicted octanol–water partition coefficient (Wildman–Crippen LogP) is 4.08. The molecular weight excluding hydrogens is 484 g/mol. The van der Waals surface area contributed by atoms with Crippen LogP contribution in [0.15, 0.2) is 71.3 Å². The first-order valence-corrected chi connectivity index (χ1v) is 12.7. The van der Waals surface area contributed by atoms with Crippen molar-refractivity contribution in [2.75, 3.05) is 12.0 Å². The molecule has 1 aliphatic rings. The van der Waals surface area contributed by atoms with Gasteiger partial charge in [0.05, 0.1) is 13.4 Å². The van der Waals surface area contributed by atoms with Gasteiger partial charge in [-0.25, -0.2) is 0 Å². The van der Waals surface area contributed by atoms with Crippen molar-refractivity contribution in [3.8, 4) is 17.1 Å². The number of aryl methyl sites for hydroxylation is 1. The molecule has 2 aromatic carbocycles. The number of anilines is 1. The van der Waals surface area contributed by atoms with Gasteiger partial charge in [-0.2, -0.15) is 4.80 Å². The van der Waals surface area contributed by atoms with Crippen molar-refractivity contribution in [1.82, 2.24) is 25.5 Å². The minimum atomic E-state index is -0.996. The molecule has 2 heterocycles. The van der Waals surface area contributed by atoms with E-state index in [0.717, 1.165) is 36.8 Å². The number of benzene rings is 2. The van der Waals surface area contributed by atoms with E-state index in [1.54, 1.807) is 31.4 Å². The van der Waals surface area contributed by atoms with E-state index < -0.39 is 6.04 Å². The summed E-state index contributed by atoms with van der Waals surface area (Å²) in [5, 5.41) is 15.8. The van der Waals surface area contributed by atoms with E-state index in [2.05, 4.69) is 20.7 Å². The molecule has 4 aromatic rings. The molecule has 2 aromatic heterocycles. The summed E-state index contributed by atoms with van der Waals surface area (Å²) in [6.07, 6.45) is 5.50. The summed E-state index contributed by atoms with van der Waals surface area (Å²) in [4.78, 5) is 30.3. The fraction of sp³-hybridized carbons (Fsp3) is 0.321. The van der Waals surface area contributed by atoms with Crippen molar-refractivity contribution in [2.24, 2.45) is 0 Å². The number of tetrazole rings is 1. The van der Waals surface area contributed by atoms with Gasteiger partial charge < -0.3 is 14.5 Å². The van der Waals surface area contributed by atoms with Crippen LogP contribution in [0, 0.1) is 6.92 Å². The molecular formula is C28H30N6O4. The van der Waals surface area contributed by atoms with Crippen molar-refractivity contribution in [3.05, 3.63) is 78.3 Å². The summed E-state index contributed by atoms with van der Waals surface area (Å²) >= 11 is 0. The summed E-state index contributed by atoms with van der Waals surface area (Å²) in [6, 6.07) is 17.2. The Labute approximate surface area is 220 Å². The third kappa shape index (κ3) is 5.44. The minimum absolute atomic E-state index is 0.0813. The number of nitrogens with zero attached hydrogens (tertiary/aromatic N) is 5. The van der Waals surface area contributed by atoms with E-state index in [0.29, 0.717) is 23.0 Å². The molecule has 1 fully saturated rings. The zero-order chi connectivity index (χ0) is 26.5. The Morgan fingerprint density at radius 3 is 2.55 bits per heavy atom. The minimum Gasteiger partial charge on any atom is -0.497 e. The van der Waals surface area contributed by atoms with Crippen LogP contribution in [-0.2, 0) is 16.1 Å². The standard InChI is InChI=1S/C28H30N6O4/c1-19-8-3-6-11-23(19)34(26(24-12-7-17-38-24)28(36)29-21-9-4-5-10-21)25(35)18-33-31-27(30-32-33)20-13-15-22(37-2)16-14-20/h3,6-8,11-17,21,26H,4-5,9-10,18H2,1-2H3,(H,29,36)/t26-/m0/s1. The molecule has 1 N–H and O–H groups in total. The first-order valence-electron chi connectivity index (χ1n) is 12.7. The lowest BCUT2D eigenvalue weighted by Crippen LogP contribution is -2.47. The van der Waals surface area contributed by atoms with Crippen LogP contribution in [0.3, 0.4) is 0 Å². The fourth-order valence-electron chi connectivity index (χ4n) is 4.78. The smallest absolute Gasteiger partial charge is 0.251 e. The molecule has 0 spiro atoms. The monoisotopic (exact) mass is 514 g/mol. The normalized spacial score (nSPS) is 14.3. The van der Waals surface area contributed by atoms with Gasteiger partial charge in [0.2, 0.25) is 5.82 Å². The summed E-state index contributed by atoms with van der Waals surface area (Å²) < 4.78 is 10.9. The number of hydrogen-bond donors (Lipinski definition) is 1. The zero-order valence-electron chi connectivity index (χ0n) is 21.4. The van der Waals surface area contributed by atoms with Crippen LogP contribution in [0.25, 0.3) is 11.4 Å². The molecule has 5 rings (SSSR count). The number of methoxy groups -OCH3 is 1. The SMILES string of the molecule is COc1ccc(-c2nnn(CC(=O)N(c3ccccc3C)[C@H](C(=O)NC3CCCC3)c3ccco3)n2)cc1. The molecule has 0 aliphatic heterocycles. The van der Waals surface area contributed by atoms with Crippen LogP contribution in [0.4, 0.5) is 5.69 Å². The van der Waals surface area contributed by atoms with Crippen molar-refractivity contribution in [2.45, 2.75) is 51.2 Å². The van der Waals surface area contributed by atoms with Crippen LogP contribution >= 0.6 is 0 Å². The van der Waals surface area contributed by atoms with Crippen LogP contribution in [0.2, 0.25) is 0 Å². The number of aromatic nitrogens is 4. The molecule has 10 heteroatoms. The summed E-state index contributed by atoms with van der Waals surface area (Å²) in [5.74, 6) is 0.812. The molecule has 1 atom stereocenters. The number of carbonyl (C=O) groups excluding carboxylic acids is 2. The van der Waals surface area contributed by atoms with Crippen molar-refractivity contribution in [3.63, 3.8) is 0 Å². The van der Waals surface area contributed by atoms with Gasteiger partial charge in [-0.05, 0) is 73.0 Å². The maximum atomic E-state index is 13.9. The molecule has 2 amide bonds. The van der Waals surface area contributed by atoms with Crippen LogP contribution < -0.4 is 15.0 Å². The van der Waals surface area contributed by atoms with E-state index >= 15 is 0 Å². The third-order valence-corrected chi connectivity index (χ3v) is 6.74. The second-order valence-corrected chi connectivity index (χ2v) is 9.33. The van der Waals surface area contributed by atoms with Gasteiger partial charge in [0, 0.05) is 17.3 Å². The second-order valence-electron chi connectivity index (χ2n) is 9.33. The molecule has 0 unspecified atom stereocenters. The topological polar surface area (TPSA) is 115 Å². The van der Waals surface area contributed by atoms with Gasteiger partial charge in [0.15, 0.2) is 6.04 Å². The zero-order valence-corrected chi connectivity index (χ0v) is 21.4. The predicted molar refractivity (Wildman–Crippen MR) is 140 cm³/mol. The Morgan fingerprint density at radius 1 is 1.11 bits per heavy atom. The number of nitrogens with one attached hydrogen (secondary N) is 1. The lowest BCUT2D eigenvalue weighted by Gasteiger charge is -2.31. The van der Waals surface area contributed by atoms with E-state index in [1.165, 1.54) is 16.0 Å². The first-order chi connectivity index (χ1) is 18.5. The molecule has 0 bridgehead atoms. The van der Waals surface area contributed by atoms with Crippen LogP contribution in [0.5, 0.6) is 5.75 Å². The highest BCUT2D eigenvalue weighted by molar-refractivity contribution is 6.01. The fourth-order valence-corrected chi connectivity index (χ4v) is 4.78. The molecule has 38 heavy (non-hydrogen) atoms. The number of hydrogen-bond acceptors (Lipinski definition) is 7. The molecule has 0 radical (unpaired) electrons. The lowest BCUT2D eigenvalue weighted by atomic mass is 10.1. The number of ether oxygens (including phenoxy) is 1. The van der Waals surface area contributed by atoms with Crippen molar-refractivity contribution in [1.29, 1.82) is 0 Å².